The Balaban J connectivity index is 2.00. The quantitative estimate of drug-likeness (QED) is 0.870. The van der Waals surface area contributed by atoms with Gasteiger partial charge in [0, 0.05) is 33.4 Å². The van der Waals surface area contributed by atoms with Gasteiger partial charge in [-0.25, -0.2) is 0 Å². The Morgan fingerprint density at radius 1 is 1.32 bits per heavy atom. The molecule has 1 aromatic carbocycles. The van der Waals surface area contributed by atoms with Gasteiger partial charge >= 0.3 is 0 Å². The van der Waals surface area contributed by atoms with E-state index in [-0.39, 0.29) is 5.91 Å². The van der Waals surface area contributed by atoms with E-state index >= 15 is 0 Å². The molecule has 22 heavy (non-hydrogen) atoms. The molecule has 0 bridgehead atoms. The summed E-state index contributed by atoms with van der Waals surface area (Å²) < 4.78 is 10.8. The van der Waals surface area contributed by atoms with Crippen molar-refractivity contribution in [2.45, 2.75) is 26.3 Å². The molecule has 0 radical (unpaired) electrons. The van der Waals surface area contributed by atoms with Crippen molar-refractivity contribution in [1.29, 1.82) is 0 Å². The van der Waals surface area contributed by atoms with Crippen LogP contribution in [0, 0.1) is 5.41 Å². The molecule has 1 aromatic rings. The molecule has 1 amide bonds. The minimum Gasteiger partial charge on any atom is -0.494 e. The molecular weight excluding hydrogens is 280 g/mol. The van der Waals surface area contributed by atoms with Crippen LogP contribution in [0.3, 0.4) is 0 Å². The molecule has 0 spiro atoms. The lowest BCUT2D eigenvalue weighted by molar-refractivity contribution is -0.146. The maximum atomic E-state index is 12.8. The predicted molar refractivity (Wildman–Crippen MR) is 85.6 cm³/mol. The minimum absolute atomic E-state index is 0.118. The van der Waals surface area contributed by atoms with Crippen LogP contribution in [-0.4, -0.2) is 44.2 Å². The van der Waals surface area contributed by atoms with Gasteiger partial charge in [0.15, 0.2) is 0 Å². The first-order valence-corrected chi connectivity index (χ1v) is 7.86. The van der Waals surface area contributed by atoms with E-state index in [4.69, 9.17) is 15.2 Å². The molecule has 0 unspecified atom stereocenters. The standard InChI is InChI=1S/C17H26N2O3/c1-3-22-15-6-4-14(5-7-15)12-19(2)16(20)17(13-18)8-10-21-11-9-17/h4-7H,3,8-13,18H2,1-2H3. The van der Waals surface area contributed by atoms with Crippen molar-refractivity contribution in [3.63, 3.8) is 0 Å². The third-order valence-corrected chi connectivity index (χ3v) is 4.30. The summed E-state index contributed by atoms with van der Waals surface area (Å²) in [5.41, 5.74) is 6.53. The van der Waals surface area contributed by atoms with Crippen LogP contribution in [0.4, 0.5) is 0 Å². The summed E-state index contributed by atoms with van der Waals surface area (Å²) in [6, 6.07) is 7.86. The average molecular weight is 306 g/mol. The van der Waals surface area contributed by atoms with Crippen LogP contribution in [0.1, 0.15) is 25.3 Å². The second kappa shape index (κ2) is 7.61. The Morgan fingerprint density at radius 2 is 1.95 bits per heavy atom. The second-order valence-electron chi connectivity index (χ2n) is 5.84. The van der Waals surface area contributed by atoms with Crippen molar-refractivity contribution in [3.05, 3.63) is 29.8 Å². The molecule has 0 saturated carbocycles. The highest BCUT2D eigenvalue weighted by atomic mass is 16.5. The van der Waals surface area contributed by atoms with Gasteiger partial charge in [0.1, 0.15) is 5.75 Å². The lowest BCUT2D eigenvalue weighted by Gasteiger charge is -2.37. The molecule has 1 fully saturated rings. The molecule has 0 atom stereocenters. The Hall–Kier alpha value is -1.59. The fourth-order valence-corrected chi connectivity index (χ4v) is 2.88. The van der Waals surface area contributed by atoms with Gasteiger partial charge in [0.25, 0.3) is 0 Å². The minimum atomic E-state index is -0.460. The van der Waals surface area contributed by atoms with Crippen molar-refractivity contribution in [2.75, 3.05) is 33.4 Å². The van der Waals surface area contributed by atoms with Gasteiger partial charge in [-0.05, 0) is 37.5 Å². The van der Waals surface area contributed by atoms with E-state index < -0.39 is 5.41 Å². The largest absolute Gasteiger partial charge is 0.494 e. The SMILES string of the molecule is CCOc1ccc(CN(C)C(=O)C2(CN)CCOCC2)cc1. The number of benzene rings is 1. The normalized spacial score (nSPS) is 17.0. The van der Waals surface area contributed by atoms with Crippen molar-refractivity contribution in [2.24, 2.45) is 11.1 Å². The highest BCUT2D eigenvalue weighted by Gasteiger charge is 2.40. The summed E-state index contributed by atoms with van der Waals surface area (Å²) in [5, 5.41) is 0. The van der Waals surface area contributed by atoms with Crippen molar-refractivity contribution >= 4 is 5.91 Å². The number of nitrogens with two attached hydrogens (primary N) is 1. The number of carbonyl (C=O) groups is 1. The lowest BCUT2D eigenvalue weighted by Crippen LogP contribution is -2.49. The number of nitrogens with zero attached hydrogens (tertiary/aromatic N) is 1. The maximum Gasteiger partial charge on any atom is 0.230 e. The van der Waals surface area contributed by atoms with E-state index in [0.29, 0.717) is 45.8 Å². The molecule has 2 N–H and O–H groups in total. The van der Waals surface area contributed by atoms with Crippen LogP contribution in [0.15, 0.2) is 24.3 Å². The van der Waals surface area contributed by atoms with Gasteiger partial charge in [0.2, 0.25) is 5.91 Å². The number of hydrogen-bond acceptors (Lipinski definition) is 4. The lowest BCUT2D eigenvalue weighted by atomic mass is 9.79. The Bertz CT molecular complexity index is 481. The average Bonchev–Trinajstić information content (AvgIpc) is 2.56. The van der Waals surface area contributed by atoms with Crippen LogP contribution >= 0.6 is 0 Å². The number of rotatable bonds is 6. The summed E-state index contributed by atoms with van der Waals surface area (Å²) in [6.07, 6.45) is 1.41. The van der Waals surface area contributed by atoms with Gasteiger partial charge in [-0.1, -0.05) is 12.1 Å². The zero-order chi connectivity index (χ0) is 16.0. The maximum absolute atomic E-state index is 12.8. The molecule has 2 rings (SSSR count). The third-order valence-electron chi connectivity index (χ3n) is 4.30. The summed E-state index contributed by atoms with van der Waals surface area (Å²) in [4.78, 5) is 14.6. The predicted octanol–water partition coefficient (Wildman–Crippen LogP) is 1.80. The third kappa shape index (κ3) is 3.78. The van der Waals surface area contributed by atoms with Crippen molar-refractivity contribution in [1.82, 2.24) is 4.90 Å². The van der Waals surface area contributed by atoms with E-state index in [1.165, 1.54) is 0 Å². The first kappa shape index (κ1) is 16.8. The number of hydrogen-bond donors (Lipinski definition) is 1. The van der Waals surface area contributed by atoms with Crippen LogP contribution in [0.2, 0.25) is 0 Å². The van der Waals surface area contributed by atoms with Crippen molar-refractivity contribution < 1.29 is 14.3 Å². The first-order chi connectivity index (χ1) is 10.6. The molecule has 1 saturated heterocycles. The van der Waals surface area contributed by atoms with Crippen LogP contribution < -0.4 is 10.5 Å². The van der Waals surface area contributed by atoms with E-state index in [9.17, 15) is 4.79 Å². The van der Waals surface area contributed by atoms with E-state index in [2.05, 4.69) is 0 Å². The Kier molecular flexibility index (Phi) is 5.80. The zero-order valence-electron chi connectivity index (χ0n) is 13.5. The van der Waals surface area contributed by atoms with Crippen LogP contribution in [-0.2, 0) is 16.1 Å². The Labute approximate surface area is 132 Å². The Morgan fingerprint density at radius 3 is 2.50 bits per heavy atom. The number of amides is 1. The highest BCUT2D eigenvalue weighted by molar-refractivity contribution is 5.83. The van der Waals surface area contributed by atoms with E-state index in [1.807, 2.05) is 38.2 Å². The summed E-state index contributed by atoms with van der Waals surface area (Å²) in [7, 11) is 1.84. The van der Waals surface area contributed by atoms with Gasteiger partial charge in [-0.3, -0.25) is 4.79 Å². The fraction of sp³-hybridized carbons (Fsp3) is 0.588. The van der Waals surface area contributed by atoms with Gasteiger partial charge in [0.05, 0.1) is 12.0 Å². The van der Waals surface area contributed by atoms with E-state index in [0.717, 1.165) is 11.3 Å². The second-order valence-corrected chi connectivity index (χ2v) is 5.84. The van der Waals surface area contributed by atoms with Crippen LogP contribution in [0.5, 0.6) is 5.75 Å². The van der Waals surface area contributed by atoms with Gasteiger partial charge in [-0.2, -0.15) is 0 Å². The zero-order valence-corrected chi connectivity index (χ0v) is 13.5. The molecule has 122 valence electrons. The monoisotopic (exact) mass is 306 g/mol. The summed E-state index contributed by atoms with van der Waals surface area (Å²) >= 11 is 0. The number of carbonyl (C=O) groups excluding carboxylic acids is 1. The molecule has 1 aliphatic rings. The summed E-state index contributed by atoms with van der Waals surface area (Å²) in [5.74, 6) is 0.968. The molecule has 5 nitrogen and oxygen atoms in total. The first-order valence-electron chi connectivity index (χ1n) is 7.86. The number of ether oxygens (including phenoxy) is 2. The smallest absolute Gasteiger partial charge is 0.230 e. The topological polar surface area (TPSA) is 64.8 Å². The molecule has 1 heterocycles. The molecule has 0 aliphatic carbocycles. The van der Waals surface area contributed by atoms with Gasteiger partial charge < -0.3 is 20.1 Å². The van der Waals surface area contributed by atoms with Crippen molar-refractivity contribution in [3.8, 4) is 5.75 Å². The molecular formula is C17H26N2O3. The fourth-order valence-electron chi connectivity index (χ4n) is 2.88. The molecule has 5 heteroatoms. The summed E-state index contributed by atoms with van der Waals surface area (Å²) in [6.45, 7) is 4.79. The highest BCUT2D eigenvalue weighted by Crippen LogP contribution is 2.31. The molecule has 0 aromatic heterocycles. The van der Waals surface area contributed by atoms with Gasteiger partial charge in [-0.15, -0.1) is 0 Å². The van der Waals surface area contributed by atoms with Crippen LogP contribution in [0.25, 0.3) is 0 Å². The van der Waals surface area contributed by atoms with E-state index in [1.54, 1.807) is 4.90 Å². The molecule has 1 aliphatic heterocycles.